The third-order valence-corrected chi connectivity index (χ3v) is 9.27. The molecule has 21 heteroatoms. The lowest BCUT2D eigenvalue weighted by molar-refractivity contribution is -0.316. The number of hydrogen-bond donors (Lipinski definition) is 7. The predicted octanol–water partition coefficient (Wildman–Crippen LogP) is 2.41. The van der Waals surface area contributed by atoms with Crippen molar-refractivity contribution in [3.8, 4) is 0 Å². The Kier molecular flexibility index (Phi) is 17.7. The minimum Gasteiger partial charge on any atom is -0.444 e. The van der Waals surface area contributed by atoms with Crippen LogP contribution in [0.2, 0.25) is 0 Å². The summed E-state index contributed by atoms with van der Waals surface area (Å²) in [6.07, 6.45) is -14.1. The number of carbonyl (C=O) groups excluding carboxylic acids is 4. The second-order valence-electron chi connectivity index (χ2n) is 19.5. The summed E-state index contributed by atoms with van der Waals surface area (Å²) in [5, 5.41) is 44.2. The largest absolute Gasteiger partial charge is 0.444 e. The standard InChI is InChI=1S/C39H69BN4O16/c1-19-16-22(43-34(50)58-38(8,9)10)28(26(47)27(19)54-31-29(60-40)24(25(46)23(18-45)53-31)44-35(51)59-39(11,12)13)55-30-21(42-33(49)57-37(5,6)7)15-14-20(52-30)17-41-32(48)56-36(2,3)4/h19-31,45-47H,14-18H2,1-13H3,(H,41,48)(H,42,49)(H,43,50)(H,44,51)/t19-,20?,21?,22+,23?,24+,25+,26?,27-,28?,29?,30+,31+/m1/s1. The average Bonchev–Trinajstić information content (AvgIpc) is 3.06. The lowest BCUT2D eigenvalue weighted by Gasteiger charge is -2.49. The summed E-state index contributed by atoms with van der Waals surface area (Å²) >= 11 is 0. The summed E-state index contributed by atoms with van der Waals surface area (Å²) in [6, 6.07) is -3.08. The molecule has 0 aromatic carbocycles. The van der Waals surface area contributed by atoms with Crippen molar-refractivity contribution in [3.63, 3.8) is 0 Å². The molecule has 3 aliphatic rings. The molecule has 20 nitrogen and oxygen atoms in total. The first-order valence-corrected chi connectivity index (χ1v) is 20.4. The number of aliphatic hydroxyl groups is 3. The van der Waals surface area contributed by atoms with Gasteiger partial charge < -0.3 is 79.1 Å². The van der Waals surface area contributed by atoms with Gasteiger partial charge in [-0.05, 0) is 108 Å². The number of ether oxygens (including phenoxy) is 8. The third-order valence-electron chi connectivity index (χ3n) is 9.27. The molecule has 344 valence electrons. The van der Waals surface area contributed by atoms with Gasteiger partial charge in [-0.3, -0.25) is 0 Å². The second-order valence-corrected chi connectivity index (χ2v) is 19.5. The third kappa shape index (κ3) is 16.3. The van der Waals surface area contributed by atoms with E-state index >= 15 is 0 Å². The molecular formula is C39H69BN4O16. The minimum absolute atomic E-state index is 0.0133. The van der Waals surface area contributed by atoms with Crippen LogP contribution in [0.4, 0.5) is 19.2 Å². The maximum absolute atomic E-state index is 13.2. The monoisotopic (exact) mass is 860 g/mol. The van der Waals surface area contributed by atoms with Crippen LogP contribution in [-0.4, -0.2) is 157 Å². The minimum atomic E-state index is -1.58. The molecule has 4 amide bonds. The van der Waals surface area contributed by atoms with Crippen molar-refractivity contribution in [1.82, 2.24) is 21.3 Å². The molecule has 0 aromatic rings. The van der Waals surface area contributed by atoms with Crippen molar-refractivity contribution >= 4 is 32.4 Å². The highest BCUT2D eigenvalue weighted by molar-refractivity contribution is 5.98. The van der Waals surface area contributed by atoms with Gasteiger partial charge in [0, 0.05) is 6.54 Å². The smallest absolute Gasteiger partial charge is 0.408 e. The highest BCUT2D eigenvalue weighted by Crippen LogP contribution is 2.36. The Morgan fingerprint density at radius 1 is 0.633 bits per heavy atom. The van der Waals surface area contributed by atoms with E-state index in [1.807, 2.05) is 0 Å². The van der Waals surface area contributed by atoms with E-state index in [-0.39, 0.29) is 19.4 Å². The van der Waals surface area contributed by atoms with Crippen molar-refractivity contribution < 1.29 is 77.0 Å². The summed E-state index contributed by atoms with van der Waals surface area (Å²) in [7, 11) is 5.70. The zero-order valence-electron chi connectivity index (χ0n) is 37.3. The summed E-state index contributed by atoms with van der Waals surface area (Å²) < 4.78 is 52.1. The fourth-order valence-corrected chi connectivity index (χ4v) is 6.92. The molecule has 13 atom stereocenters. The lowest BCUT2D eigenvalue weighted by Crippen LogP contribution is -2.68. The van der Waals surface area contributed by atoms with E-state index < -0.39 is 133 Å². The van der Waals surface area contributed by atoms with Crippen LogP contribution in [0.3, 0.4) is 0 Å². The molecule has 2 heterocycles. The maximum Gasteiger partial charge on any atom is 0.408 e. The Labute approximate surface area is 354 Å². The van der Waals surface area contributed by atoms with Crippen LogP contribution in [-0.2, 0) is 42.5 Å². The van der Waals surface area contributed by atoms with Crippen molar-refractivity contribution in [2.24, 2.45) is 5.92 Å². The number of nitrogens with one attached hydrogen (secondary N) is 4. The number of carbonyl (C=O) groups is 4. The first-order valence-electron chi connectivity index (χ1n) is 20.4. The molecule has 0 spiro atoms. The van der Waals surface area contributed by atoms with Crippen LogP contribution in [0.25, 0.3) is 0 Å². The molecule has 2 saturated heterocycles. The predicted molar refractivity (Wildman–Crippen MR) is 214 cm³/mol. The van der Waals surface area contributed by atoms with Crippen LogP contribution in [0.5, 0.6) is 0 Å². The first-order chi connectivity index (χ1) is 27.5. The Hall–Kier alpha value is -3.18. The molecule has 60 heavy (non-hydrogen) atoms. The first kappa shape index (κ1) is 51.2. The molecule has 1 saturated carbocycles. The summed E-state index contributed by atoms with van der Waals surface area (Å²) in [5.74, 6) is -0.563. The van der Waals surface area contributed by atoms with Crippen molar-refractivity contribution in [2.75, 3.05) is 13.2 Å². The number of hydrogen-bond acceptors (Lipinski definition) is 16. The highest BCUT2D eigenvalue weighted by atomic mass is 16.7. The molecule has 3 rings (SSSR count). The maximum atomic E-state index is 13.2. The normalized spacial score (nSPS) is 32.8. The molecule has 1 aliphatic carbocycles. The number of alkyl carbamates (subject to hydrolysis) is 4. The van der Waals surface area contributed by atoms with Crippen molar-refractivity contribution in [1.29, 1.82) is 0 Å². The van der Waals surface area contributed by atoms with Gasteiger partial charge in [-0.25, -0.2) is 19.2 Å². The molecule has 0 bridgehead atoms. The molecule has 6 unspecified atom stereocenters. The van der Waals surface area contributed by atoms with Crippen LogP contribution >= 0.6 is 0 Å². The second kappa shape index (κ2) is 20.8. The van der Waals surface area contributed by atoms with Crippen LogP contribution < -0.4 is 21.3 Å². The Morgan fingerprint density at radius 3 is 1.62 bits per heavy atom. The van der Waals surface area contributed by atoms with Crippen LogP contribution in [0.1, 0.15) is 109 Å². The average molecular weight is 861 g/mol. The van der Waals surface area contributed by atoms with Gasteiger partial charge >= 0.3 is 24.4 Å². The zero-order chi connectivity index (χ0) is 45.5. The molecule has 0 aromatic heterocycles. The molecular weight excluding hydrogens is 791 g/mol. The van der Waals surface area contributed by atoms with Gasteiger partial charge in [-0.15, -0.1) is 0 Å². The Balaban J connectivity index is 1.98. The highest BCUT2D eigenvalue weighted by Gasteiger charge is 2.52. The summed E-state index contributed by atoms with van der Waals surface area (Å²) in [5.41, 5.74) is -3.36. The van der Waals surface area contributed by atoms with E-state index in [1.165, 1.54) is 0 Å². The summed E-state index contributed by atoms with van der Waals surface area (Å²) in [4.78, 5) is 51.6. The van der Waals surface area contributed by atoms with Gasteiger partial charge in [0.2, 0.25) is 0 Å². The van der Waals surface area contributed by atoms with Gasteiger partial charge in [0.05, 0.1) is 36.9 Å². The van der Waals surface area contributed by atoms with E-state index in [4.69, 9.17) is 50.6 Å². The summed E-state index contributed by atoms with van der Waals surface area (Å²) in [6.45, 7) is 21.4. The Bertz CT molecular complexity index is 1430. The van der Waals surface area contributed by atoms with E-state index in [2.05, 4.69) is 21.3 Å². The number of aliphatic hydroxyl groups excluding tert-OH is 3. The molecule has 2 radical (unpaired) electrons. The zero-order valence-corrected chi connectivity index (χ0v) is 37.3. The van der Waals surface area contributed by atoms with E-state index in [0.717, 1.165) is 0 Å². The topological polar surface area (TPSA) is 260 Å². The van der Waals surface area contributed by atoms with E-state index in [9.17, 15) is 34.5 Å². The fourth-order valence-electron chi connectivity index (χ4n) is 6.92. The van der Waals surface area contributed by atoms with E-state index in [0.29, 0.717) is 6.42 Å². The van der Waals surface area contributed by atoms with E-state index in [1.54, 1.807) is 90.0 Å². The lowest BCUT2D eigenvalue weighted by atomic mass is 9.80. The van der Waals surface area contributed by atoms with Crippen molar-refractivity contribution in [2.45, 2.75) is 205 Å². The SMILES string of the molecule is [B]OC1[C@H](O[C@H]2C(O)C(O[C@@H]3OC(CNC(=O)OC(C)(C)C)CCC3NC(=O)OC(C)(C)C)[C@@H](NC(=O)OC(C)(C)C)C[C@H]2C)OC(CO)[C@H](O)[C@@H]1NC(=O)OC(C)(C)C. The van der Waals surface area contributed by atoms with Gasteiger partial charge in [0.15, 0.2) is 12.6 Å². The van der Waals surface area contributed by atoms with Gasteiger partial charge in [-0.2, -0.15) is 0 Å². The molecule has 7 N–H and O–H groups in total. The molecule has 3 fully saturated rings. The quantitative estimate of drug-likeness (QED) is 0.116. The van der Waals surface area contributed by atoms with Crippen molar-refractivity contribution in [3.05, 3.63) is 0 Å². The number of amides is 4. The fraction of sp³-hybridized carbons (Fsp3) is 0.897. The van der Waals surface area contributed by atoms with Gasteiger partial charge in [0.1, 0.15) is 52.9 Å². The van der Waals surface area contributed by atoms with Crippen LogP contribution in [0.15, 0.2) is 0 Å². The van der Waals surface area contributed by atoms with Gasteiger partial charge in [0.25, 0.3) is 8.05 Å². The van der Waals surface area contributed by atoms with Gasteiger partial charge in [-0.1, -0.05) is 6.92 Å². The Morgan fingerprint density at radius 2 is 1.12 bits per heavy atom. The van der Waals surface area contributed by atoms with Crippen LogP contribution in [0, 0.1) is 5.92 Å². The number of rotatable bonds is 11. The molecule has 2 aliphatic heterocycles.